The monoisotopic (exact) mass is 227 g/mol. The predicted octanol–water partition coefficient (Wildman–Crippen LogP) is 2.88. The summed E-state index contributed by atoms with van der Waals surface area (Å²) in [5.41, 5.74) is -0.360. The zero-order valence-electron chi connectivity index (χ0n) is 8.83. The Hall–Kier alpha value is -1.09. The van der Waals surface area contributed by atoms with Gasteiger partial charge in [-0.3, -0.25) is 4.79 Å². The molecule has 1 N–H and O–H groups in total. The SMILES string of the molecule is CCCC(C)(C(=O)O)c1cccnc1Cl. The average molecular weight is 228 g/mol. The van der Waals surface area contributed by atoms with E-state index in [2.05, 4.69) is 4.98 Å². The number of rotatable bonds is 4. The number of carboxylic acids is 1. The van der Waals surface area contributed by atoms with E-state index in [1.165, 1.54) is 0 Å². The smallest absolute Gasteiger partial charge is 0.313 e. The highest BCUT2D eigenvalue weighted by Crippen LogP contribution is 2.33. The maximum absolute atomic E-state index is 11.3. The number of hydrogen-bond acceptors (Lipinski definition) is 2. The highest BCUT2D eigenvalue weighted by molar-refractivity contribution is 6.30. The number of carbonyl (C=O) groups is 1. The van der Waals surface area contributed by atoms with E-state index in [9.17, 15) is 9.90 Å². The first kappa shape index (κ1) is 12.0. The molecule has 0 saturated carbocycles. The molecule has 3 nitrogen and oxygen atoms in total. The molecule has 0 aliphatic carbocycles. The van der Waals surface area contributed by atoms with Gasteiger partial charge in [-0.05, 0) is 19.4 Å². The van der Waals surface area contributed by atoms with Gasteiger partial charge >= 0.3 is 5.97 Å². The Morgan fingerprint density at radius 1 is 1.67 bits per heavy atom. The minimum absolute atomic E-state index is 0.274. The van der Waals surface area contributed by atoms with Crippen molar-refractivity contribution in [3.63, 3.8) is 0 Å². The van der Waals surface area contributed by atoms with Gasteiger partial charge in [0.25, 0.3) is 0 Å². The molecule has 0 amide bonds. The zero-order chi connectivity index (χ0) is 11.5. The third-order valence-electron chi connectivity index (χ3n) is 2.58. The van der Waals surface area contributed by atoms with Gasteiger partial charge in [0.2, 0.25) is 0 Å². The van der Waals surface area contributed by atoms with Crippen LogP contribution in [-0.4, -0.2) is 16.1 Å². The molecule has 1 atom stereocenters. The highest BCUT2D eigenvalue weighted by Gasteiger charge is 2.36. The first-order valence-corrected chi connectivity index (χ1v) is 5.24. The number of pyridine rings is 1. The van der Waals surface area contributed by atoms with Crippen LogP contribution < -0.4 is 0 Å². The van der Waals surface area contributed by atoms with Crippen LogP contribution in [0.4, 0.5) is 0 Å². The van der Waals surface area contributed by atoms with Crippen LogP contribution in [0.15, 0.2) is 18.3 Å². The Bertz CT molecular complexity index is 367. The van der Waals surface area contributed by atoms with Gasteiger partial charge in [-0.1, -0.05) is 31.0 Å². The third kappa shape index (κ3) is 2.29. The van der Waals surface area contributed by atoms with Crippen LogP contribution >= 0.6 is 11.6 Å². The van der Waals surface area contributed by atoms with Crippen LogP contribution in [0.2, 0.25) is 5.15 Å². The van der Waals surface area contributed by atoms with Crippen LogP contribution in [0.25, 0.3) is 0 Å². The molecule has 1 heterocycles. The van der Waals surface area contributed by atoms with E-state index in [1.807, 2.05) is 6.92 Å². The van der Waals surface area contributed by atoms with Crippen LogP contribution in [0, 0.1) is 0 Å². The molecule has 0 fully saturated rings. The van der Waals surface area contributed by atoms with Gasteiger partial charge in [0.15, 0.2) is 0 Å². The van der Waals surface area contributed by atoms with Crippen molar-refractivity contribution in [1.29, 1.82) is 0 Å². The van der Waals surface area contributed by atoms with Crippen molar-refractivity contribution in [2.75, 3.05) is 0 Å². The van der Waals surface area contributed by atoms with Crippen LogP contribution in [0.1, 0.15) is 32.3 Å². The Morgan fingerprint density at radius 3 is 2.80 bits per heavy atom. The lowest BCUT2D eigenvalue weighted by atomic mass is 9.79. The molecule has 0 saturated heterocycles. The third-order valence-corrected chi connectivity index (χ3v) is 2.88. The van der Waals surface area contributed by atoms with E-state index in [1.54, 1.807) is 25.3 Å². The maximum Gasteiger partial charge on any atom is 0.313 e. The fourth-order valence-electron chi connectivity index (χ4n) is 1.65. The van der Waals surface area contributed by atoms with E-state index in [0.29, 0.717) is 12.0 Å². The summed E-state index contributed by atoms with van der Waals surface area (Å²) in [6.07, 6.45) is 2.89. The molecule has 82 valence electrons. The van der Waals surface area contributed by atoms with Crippen molar-refractivity contribution in [3.05, 3.63) is 29.0 Å². The van der Waals surface area contributed by atoms with Crippen molar-refractivity contribution in [3.8, 4) is 0 Å². The van der Waals surface area contributed by atoms with E-state index in [0.717, 1.165) is 6.42 Å². The van der Waals surface area contributed by atoms with E-state index >= 15 is 0 Å². The van der Waals surface area contributed by atoms with E-state index < -0.39 is 11.4 Å². The Kier molecular flexibility index (Phi) is 3.69. The van der Waals surface area contributed by atoms with Crippen LogP contribution in [0.5, 0.6) is 0 Å². The maximum atomic E-state index is 11.3. The highest BCUT2D eigenvalue weighted by atomic mass is 35.5. The number of halogens is 1. The molecule has 0 aliphatic heterocycles. The molecule has 0 spiro atoms. The van der Waals surface area contributed by atoms with Crippen molar-refractivity contribution in [1.82, 2.24) is 4.98 Å². The molecule has 1 aromatic heterocycles. The lowest BCUT2D eigenvalue weighted by molar-refractivity contribution is -0.143. The van der Waals surface area contributed by atoms with Gasteiger partial charge in [-0.2, -0.15) is 0 Å². The molecule has 1 unspecified atom stereocenters. The van der Waals surface area contributed by atoms with Gasteiger partial charge < -0.3 is 5.11 Å². The van der Waals surface area contributed by atoms with Crippen molar-refractivity contribution < 1.29 is 9.90 Å². The summed E-state index contributed by atoms with van der Waals surface area (Å²) in [5.74, 6) is -0.862. The summed E-state index contributed by atoms with van der Waals surface area (Å²) < 4.78 is 0. The second-order valence-electron chi connectivity index (χ2n) is 3.73. The van der Waals surface area contributed by atoms with Crippen molar-refractivity contribution >= 4 is 17.6 Å². The minimum atomic E-state index is -0.944. The molecule has 0 aromatic carbocycles. The molecular formula is C11H14ClNO2. The summed E-state index contributed by atoms with van der Waals surface area (Å²) in [5, 5.41) is 9.53. The first-order chi connectivity index (χ1) is 7.02. The van der Waals surface area contributed by atoms with Crippen molar-refractivity contribution in [2.45, 2.75) is 32.1 Å². The quantitative estimate of drug-likeness (QED) is 0.805. The molecule has 1 aromatic rings. The second-order valence-corrected chi connectivity index (χ2v) is 4.09. The zero-order valence-corrected chi connectivity index (χ0v) is 9.58. The predicted molar refractivity (Wildman–Crippen MR) is 59.1 cm³/mol. The number of carboxylic acid groups (broad SMARTS) is 1. The largest absolute Gasteiger partial charge is 0.481 e. The van der Waals surface area contributed by atoms with Gasteiger partial charge in [0.1, 0.15) is 5.15 Å². The summed E-state index contributed by atoms with van der Waals surface area (Å²) in [7, 11) is 0. The molecule has 1 rings (SSSR count). The Balaban J connectivity index is 3.21. The topological polar surface area (TPSA) is 50.2 Å². The fraction of sp³-hybridized carbons (Fsp3) is 0.455. The number of aliphatic carboxylic acids is 1. The summed E-state index contributed by atoms with van der Waals surface area (Å²) in [6.45, 7) is 3.63. The Labute approximate surface area is 94.1 Å². The lowest BCUT2D eigenvalue weighted by Crippen LogP contribution is -2.32. The van der Waals surface area contributed by atoms with Crippen molar-refractivity contribution in [2.24, 2.45) is 0 Å². The number of nitrogens with zero attached hydrogens (tertiary/aromatic N) is 1. The second kappa shape index (κ2) is 4.62. The molecule has 4 heteroatoms. The molecule has 0 bridgehead atoms. The summed E-state index contributed by atoms with van der Waals surface area (Å²) in [6, 6.07) is 3.43. The normalized spacial score (nSPS) is 14.6. The molecular weight excluding hydrogens is 214 g/mol. The molecule has 15 heavy (non-hydrogen) atoms. The van der Waals surface area contributed by atoms with Gasteiger partial charge in [0, 0.05) is 11.8 Å². The number of hydrogen-bond donors (Lipinski definition) is 1. The van der Waals surface area contributed by atoms with Gasteiger partial charge in [-0.25, -0.2) is 4.98 Å². The molecule has 0 radical (unpaired) electrons. The summed E-state index contributed by atoms with van der Waals surface area (Å²) in [4.78, 5) is 15.2. The minimum Gasteiger partial charge on any atom is -0.481 e. The number of aromatic nitrogens is 1. The molecule has 0 aliphatic rings. The summed E-state index contributed by atoms with van der Waals surface area (Å²) >= 11 is 5.91. The van der Waals surface area contributed by atoms with Gasteiger partial charge in [-0.15, -0.1) is 0 Å². The average Bonchev–Trinajstić information content (AvgIpc) is 2.18. The fourth-order valence-corrected chi connectivity index (χ4v) is 1.98. The standard InChI is InChI=1S/C11H14ClNO2/c1-3-6-11(2,10(14)15)8-5-4-7-13-9(8)12/h4-5,7H,3,6H2,1-2H3,(H,14,15). The first-order valence-electron chi connectivity index (χ1n) is 4.86. The van der Waals surface area contributed by atoms with Gasteiger partial charge in [0.05, 0.1) is 5.41 Å². The lowest BCUT2D eigenvalue weighted by Gasteiger charge is -2.25. The Morgan fingerprint density at radius 2 is 2.33 bits per heavy atom. The van der Waals surface area contributed by atoms with Crippen LogP contribution in [0.3, 0.4) is 0 Å². The van der Waals surface area contributed by atoms with E-state index in [-0.39, 0.29) is 5.15 Å². The van der Waals surface area contributed by atoms with Crippen LogP contribution in [-0.2, 0) is 10.2 Å². The van der Waals surface area contributed by atoms with E-state index in [4.69, 9.17) is 11.6 Å².